The van der Waals surface area contributed by atoms with Crippen molar-refractivity contribution in [3.8, 4) is 11.5 Å². The van der Waals surface area contributed by atoms with Crippen LogP contribution >= 0.6 is 0 Å². The summed E-state index contributed by atoms with van der Waals surface area (Å²) in [6.07, 6.45) is -0.527. The zero-order valence-electron chi connectivity index (χ0n) is 11.3. The minimum atomic E-state index is -0.527. The third kappa shape index (κ3) is 2.32. The molecular formula is C14H18N2O4. The Bertz CT molecular complexity index is 520. The van der Waals surface area contributed by atoms with E-state index in [0.717, 1.165) is 0 Å². The van der Waals surface area contributed by atoms with Gasteiger partial charge in [0.25, 0.3) is 5.91 Å². The van der Waals surface area contributed by atoms with Gasteiger partial charge in [-0.25, -0.2) is 0 Å². The van der Waals surface area contributed by atoms with Gasteiger partial charge in [-0.05, 0) is 18.2 Å². The standard InChI is InChI=1S/C14H18N2O4/c1-16(10-7-15-8-11(10)17)14(18)9-2-3-12-13(6-9)20-5-4-19-12/h2-3,6,10-11,15,17H,4-5,7-8H2,1H3/t10-,11-/m0/s1. The van der Waals surface area contributed by atoms with Crippen LogP contribution in [0.4, 0.5) is 0 Å². The highest BCUT2D eigenvalue weighted by Crippen LogP contribution is 2.31. The van der Waals surface area contributed by atoms with Gasteiger partial charge in [-0.1, -0.05) is 0 Å². The zero-order valence-corrected chi connectivity index (χ0v) is 11.3. The number of ether oxygens (including phenoxy) is 2. The van der Waals surface area contributed by atoms with Crippen molar-refractivity contribution in [1.82, 2.24) is 10.2 Å². The van der Waals surface area contributed by atoms with Gasteiger partial charge in [0.05, 0.1) is 12.1 Å². The lowest BCUT2D eigenvalue weighted by Crippen LogP contribution is -2.44. The fourth-order valence-corrected chi connectivity index (χ4v) is 2.58. The molecule has 1 saturated heterocycles. The second-order valence-corrected chi connectivity index (χ2v) is 5.07. The lowest BCUT2D eigenvalue weighted by molar-refractivity contribution is 0.0580. The lowest BCUT2D eigenvalue weighted by atomic mass is 10.1. The molecule has 6 heteroatoms. The molecule has 0 spiro atoms. The number of hydrogen-bond donors (Lipinski definition) is 2. The van der Waals surface area contributed by atoms with Crippen molar-refractivity contribution in [3.05, 3.63) is 23.8 Å². The van der Waals surface area contributed by atoms with E-state index in [4.69, 9.17) is 9.47 Å². The van der Waals surface area contributed by atoms with E-state index < -0.39 is 6.10 Å². The SMILES string of the molecule is CN(C(=O)c1ccc2c(c1)OCCO2)[C@H]1CNC[C@@H]1O. The molecule has 2 N–H and O–H groups in total. The first-order valence-corrected chi connectivity index (χ1v) is 6.72. The van der Waals surface area contributed by atoms with Gasteiger partial charge in [0.15, 0.2) is 11.5 Å². The lowest BCUT2D eigenvalue weighted by Gasteiger charge is -2.27. The highest BCUT2D eigenvalue weighted by atomic mass is 16.6. The Morgan fingerprint density at radius 2 is 2.05 bits per heavy atom. The molecule has 108 valence electrons. The number of nitrogens with zero attached hydrogens (tertiary/aromatic N) is 1. The number of fused-ring (bicyclic) bond motifs is 1. The van der Waals surface area contributed by atoms with E-state index >= 15 is 0 Å². The molecule has 0 unspecified atom stereocenters. The van der Waals surface area contributed by atoms with E-state index in [2.05, 4.69) is 5.32 Å². The summed E-state index contributed by atoms with van der Waals surface area (Å²) in [5.74, 6) is 1.13. The van der Waals surface area contributed by atoms with Crippen LogP contribution in [0.2, 0.25) is 0 Å². The highest BCUT2D eigenvalue weighted by molar-refractivity contribution is 5.95. The third-order valence-corrected chi connectivity index (χ3v) is 3.76. The summed E-state index contributed by atoms with van der Waals surface area (Å²) in [6.45, 7) is 2.14. The predicted molar refractivity (Wildman–Crippen MR) is 72.2 cm³/mol. The number of nitrogens with one attached hydrogen (secondary N) is 1. The Balaban J connectivity index is 1.79. The first-order chi connectivity index (χ1) is 9.66. The van der Waals surface area contributed by atoms with E-state index in [-0.39, 0.29) is 11.9 Å². The summed E-state index contributed by atoms with van der Waals surface area (Å²) in [7, 11) is 1.71. The molecule has 6 nitrogen and oxygen atoms in total. The largest absolute Gasteiger partial charge is 0.486 e. The van der Waals surface area contributed by atoms with Crippen LogP contribution in [0.25, 0.3) is 0 Å². The third-order valence-electron chi connectivity index (χ3n) is 3.76. The van der Waals surface area contributed by atoms with Crippen LogP contribution in [-0.2, 0) is 0 Å². The van der Waals surface area contributed by atoms with Crippen molar-refractivity contribution in [3.63, 3.8) is 0 Å². The van der Waals surface area contributed by atoms with Crippen LogP contribution in [0, 0.1) is 0 Å². The minimum absolute atomic E-state index is 0.130. The molecule has 1 amide bonds. The van der Waals surface area contributed by atoms with Gasteiger partial charge >= 0.3 is 0 Å². The molecule has 2 atom stereocenters. The summed E-state index contributed by atoms with van der Waals surface area (Å²) < 4.78 is 10.9. The minimum Gasteiger partial charge on any atom is -0.486 e. The molecule has 0 bridgehead atoms. The number of benzene rings is 1. The van der Waals surface area contributed by atoms with E-state index in [0.29, 0.717) is 43.4 Å². The van der Waals surface area contributed by atoms with E-state index in [1.807, 2.05) is 0 Å². The quantitative estimate of drug-likeness (QED) is 0.788. The molecule has 0 saturated carbocycles. The first kappa shape index (κ1) is 13.2. The maximum atomic E-state index is 12.5. The average molecular weight is 278 g/mol. The normalized spacial score (nSPS) is 24.5. The van der Waals surface area contributed by atoms with Crippen molar-refractivity contribution in [1.29, 1.82) is 0 Å². The maximum Gasteiger partial charge on any atom is 0.254 e. The Labute approximate surface area is 117 Å². The van der Waals surface area contributed by atoms with Gasteiger partial charge in [-0.2, -0.15) is 0 Å². The molecule has 0 aliphatic carbocycles. The number of carbonyl (C=O) groups excluding carboxylic acids is 1. The Kier molecular flexibility index (Phi) is 3.50. The van der Waals surface area contributed by atoms with Crippen LogP contribution in [-0.4, -0.2) is 61.4 Å². The topological polar surface area (TPSA) is 71.0 Å². The van der Waals surface area contributed by atoms with Gasteiger partial charge in [-0.3, -0.25) is 4.79 Å². The number of aliphatic hydroxyl groups is 1. The first-order valence-electron chi connectivity index (χ1n) is 6.72. The molecule has 2 heterocycles. The molecule has 20 heavy (non-hydrogen) atoms. The second kappa shape index (κ2) is 5.30. The van der Waals surface area contributed by atoms with Crippen molar-refractivity contribution in [2.24, 2.45) is 0 Å². The monoisotopic (exact) mass is 278 g/mol. The molecule has 0 aromatic heterocycles. The number of aliphatic hydroxyl groups excluding tert-OH is 1. The van der Waals surface area contributed by atoms with Gasteiger partial charge in [0.1, 0.15) is 13.2 Å². The van der Waals surface area contributed by atoms with Crippen molar-refractivity contribution in [2.75, 3.05) is 33.4 Å². The molecule has 1 fully saturated rings. The molecule has 0 radical (unpaired) electrons. The summed E-state index contributed by atoms with van der Waals surface area (Å²) in [5, 5.41) is 12.9. The van der Waals surface area contributed by atoms with Gasteiger partial charge in [0.2, 0.25) is 0 Å². The van der Waals surface area contributed by atoms with E-state index in [1.165, 1.54) is 0 Å². The van der Waals surface area contributed by atoms with Gasteiger partial charge in [-0.15, -0.1) is 0 Å². The van der Waals surface area contributed by atoms with Crippen LogP contribution in [0.1, 0.15) is 10.4 Å². The Hall–Kier alpha value is -1.79. The highest BCUT2D eigenvalue weighted by Gasteiger charge is 2.31. The van der Waals surface area contributed by atoms with Gasteiger partial charge in [0, 0.05) is 25.7 Å². The number of β-amino-alcohol motifs (C(OH)–C–C–N with tert-alkyl or cyclic N) is 1. The maximum absolute atomic E-state index is 12.5. The van der Waals surface area contributed by atoms with Crippen LogP contribution in [0.3, 0.4) is 0 Å². The molecule has 1 aromatic carbocycles. The van der Waals surface area contributed by atoms with E-state index in [9.17, 15) is 9.90 Å². The summed E-state index contributed by atoms with van der Waals surface area (Å²) in [5.41, 5.74) is 0.538. The molecular weight excluding hydrogens is 260 g/mol. The number of likely N-dealkylation sites (N-methyl/N-ethyl adjacent to an activating group) is 1. The summed E-state index contributed by atoms with van der Waals surface area (Å²) in [6, 6.07) is 4.97. The smallest absolute Gasteiger partial charge is 0.254 e. The van der Waals surface area contributed by atoms with Gasteiger partial charge < -0.3 is 24.8 Å². The Morgan fingerprint density at radius 3 is 2.75 bits per heavy atom. The fourth-order valence-electron chi connectivity index (χ4n) is 2.58. The van der Waals surface area contributed by atoms with Crippen LogP contribution < -0.4 is 14.8 Å². The van der Waals surface area contributed by atoms with Crippen molar-refractivity contribution >= 4 is 5.91 Å². The number of amides is 1. The van der Waals surface area contributed by atoms with Crippen molar-refractivity contribution < 1.29 is 19.4 Å². The average Bonchev–Trinajstić information content (AvgIpc) is 2.91. The molecule has 2 aliphatic rings. The molecule has 3 rings (SSSR count). The van der Waals surface area contributed by atoms with E-state index in [1.54, 1.807) is 30.1 Å². The zero-order chi connectivity index (χ0) is 14.1. The number of carbonyl (C=O) groups is 1. The second-order valence-electron chi connectivity index (χ2n) is 5.07. The molecule has 2 aliphatic heterocycles. The van der Waals surface area contributed by atoms with Crippen LogP contribution in [0.5, 0.6) is 11.5 Å². The predicted octanol–water partition coefficient (Wildman–Crippen LogP) is -0.138. The van der Waals surface area contributed by atoms with Crippen molar-refractivity contribution in [2.45, 2.75) is 12.1 Å². The number of hydrogen-bond acceptors (Lipinski definition) is 5. The number of rotatable bonds is 2. The molecule has 1 aromatic rings. The summed E-state index contributed by atoms with van der Waals surface area (Å²) in [4.78, 5) is 14.0. The van der Waals surface area contributed by atoms with Crippen LogP contribution in [0.15, 0.2) is 18.2 Å². The fraction of sp³-hybridized carbons (Fsp3) is 0.500. The Morgan fingerprint density at radius 1 is 1.30 bits per heavy atom. The summed E-state index contributed by atoms with van der Waals surface area (Å²) >= 11 is 0.